The van der Waals surface area contributed by atoms with Crippen LogP contribution >= 0.6 is 0 Å². The number of nitrogens with two attached hydrogens (primary N) is 1. The number of nitrogens with one attached hydrogen (secondary N) is 2. The summed E-state index contributed by atoms with van der Waals surface area (Å²) in [6.45, 7) is 1.96. The van der Waals surface area contributed by atoms with E-state index in [-0.39, 0.29) is 5.56 Å². The van der Waals surface area contributed by atoms with Crippen molar-refractivity contribution in [3.8, 4) is 11.1 Å². The molecule has 0 atom stereocenters. The van der Waals surface area contributed by atoms with Crippen LogP contribution < -0.4 is 16.6 Å². The van der Waals surface area contributed by atoms with Gasteiger partial charge in [-0.25, -0.2) is 4.98 Å². The zero-order chi connectivity index (χ0) is 19.7. The maximum absolute atomic E-state index is 11.8. The highest BCUT2D eigenvalue weighted by Gasteiger charge is 2.12. The van der Waals surface area contributed by atoms with Crippen molar-refractivity contribution in [1.29, 1.82) is 0 Å². The number of carbonyl (C=O) groups excluding carboxylic acids is 1. The van der Waals surface area contributed by atoms with Crippen LogP contribution in [0.2, 0.25) is 0 Å². The van der Waals surface area contributed by atoms with Crippen LogP contribution in [-0.4, -0.2) is 15.9 Å². The summed E-state index contributed by atoms with van der Waals surface area (Å²) in [5, 5.41) is 4.16. The summed E-state index contributed by atoms with van der Waals surface area (Å²) in [5.74, 6) is -0.446. The molecule has 4 aromatic rings. The minimum absolute atomic E-state index is 0.190. The van der Waals surface area contributed by atoms with E-state index in [4.69, 9.17) is 5.73 Å². The van der Waals surface area contributed by atoms with Gasteiger partial charge >= 0.3 is 0 Å². The molecule has 138 valence electrons. The van der Waals surface area contributed by atoms with Crippen molar-refractivity contribution in [3.05, 3.63) is 88.3 Å². The van der Waals surface area contributed by atoms with Gasteiger partial charge in [-0.1, -0.05) is 24.3 Å². The fourth-order valence-electron chi connectivity index (χ4n) is 3.30. The average molecular weight is 370 g/mol. The Labute approximate surface area is 161 Å². The van der Waals surface area contributed by atoms with E-state index in [0.29, 0.717) is 11.2 Å². The minimum Gasteiger partial charge on any atom is -0.366 e. The SMILES string of the molecule is Cc1cccc(C(N)=O)c1-c1ccc(Nc2ccnc3[nH]c(=O)ccc23)cc1. The van der Waals surface area contributed by atoms with Crippen molar-refractivity contribution in [2.24, 2.45) is 5.73 Å². The molecular weight excluding hydrogens is 352 g/mol. The second kappa shape index (κ2) is 7.00. The number of pyridine rings is 2. The molecule has 2 heterocycles. The molecule has 6 nitrogen and oxygen atoms in total. The van der Waals surface area contributed by atoms with Gasteiger partial charge in [-0.2, -0.15) is 0 Å². The van der Waals surface area contributed by atoms with Gasteiger partial charge in [0.15, 0.2) is 0 Å². The van der Waals surface area contributed by atoms with Gasteiger partial charge in [0.1, 0.15) is 5.65 Å². The zero-order valence-electron chi connectivity index (χ0n) is 15.2. The zero-order valence-corrected chi connectivity index (χ0v) is 15.2. The quantitative estimate of drug-likeness (QED) is 0.509. The lowest BCUT2D eigenvalue weighted by Crippen LogP contribution is -2.12. The van der Waals surface area contributed by atoms with E-state index >= 15 is 0 Å². The molecule has 4 rings (SSSR count). The van der Waals surface area contributed by atoms with E-state index in [9.17, 15) is 9.59 Å². The number of carbonyl (C=O) groups is 1. The molecule has 2 aromatic heterocycles. The Bertz CT molecular complexity index is 1240. The van der Waals surface area contributed by atoms with Crippen LogP contribution in [0.4, 0.5) is 11.4 Å². The van der Waals surface area contributed by atoms with E-state index in [0.717, 1.165) is 33.5 Å². The van der Waals surface area contributed by atoms with E-state index in [2.05, 4.69) is 15.3 Å². The number of amides is 1. The van der Waals surface area contributed by atoms with Crippen LogP contribution in [0, 0.1) is 6.92 Å². The summed E-state index contributed by atoms with van der Waals surface area (Å²) < 4.78 is 0. The summed E-state index contributed by atoms with van der Waals surface area (Å²) in [5.41, 5.74) is 10.8. The third-order valence-electron chi connectivity index (χ3n) is 4.62. The van der Waals surface area contributed by atoms with Gasteiger partial charge in [-0.3, -0.25) is 9.59 Å². The van der Waals surface area contributed by atoms with Crippen molar-refractivity contribution in [2.45, 2.75) is 6.92 Å². The number of rotatable bonds is 4. The van der Waals surface area contributed by atoms with Gasteiger partial charge in [-0.15, -0.1) is 0 Å². The summed E-state index contributed by atoms with van der Waals surface area (Å²) >= 11 is 0. The normalized spacial score (nSPS) is 10.8. The fraction of sp³-hybridized carbons (Fsp3) is 0.0455. The van der Waals surface area contributed by atoms with Crippen LogP contribution in [0.25, 0.3) is 22.2 Å². The Balaban J connectivity index is 1.69. The Morgan fingerprint density at radius 3 is 2.57 bits per heavy atom. The van der Waals surface area contributed by atoms with Crippen LogP contribution in [0.5, 0.6) is 0 Å². The molecule has 0 fully saturated rings. The van der Waals surface area contributed by atoms with E-state index < -0.39 is 5.91 Å². The molecule has 1 amide bonds. The molecule has 0 saturated carbocycles. The highest BCUT2D eigenvalue weighted by Crippen LogP contribution is 2.30. The van der Waals surface area contributed by atoms with Crippen molar-refractivity contribution < 1.29 is 4.79 Å². The molecule has 0 unspecified atom stereocenters. The Hall–Kier alpha value is -3.93. The average Bonchev–Trinajstić information content (AvgIpc) is 2.68. The van der Waals surface area contributed by atoms with Gasteiger partial charge in [0.05, 0.1) is 5.69 Å². The monoisotopic (exact) mass is 370 g/mol. The first-order valence-electron chi connectivity index (χ1n) is 8.78. The van der Waals surface area contributed by atoms with Crippen LogP contribution in [-0.2, 0) is 0 Å². The number of aryl methyl sites for hydroxylation is 1. The van der Waals surface area contributed by atoms with Crippen LogP contribution in [0.3, 0.4) is 0 Å². The van der Waals surface area contributed by atoms with Gasteiger partial charge < -0.3 is 16.0 Å². The molecule has 4 N–H and O–H groups in total. The summed E-state index contributed by atoms with van der Waals surface area (Å²) in [4.78, 5) is 30.2. The highest BCUT2D eigenvalue weighted by molar-refractivity contribution is 6.00. The lowest BCUT2D eigenvalue weighted by atomic mass is 9.94. The lowest BCUT2D eigenvalue weighted by Gasteiger charge is -2.13. The molecule has 28 heavy (non-hydrogen) atoms. The van der Waals surface area contributed by atoms with Crippen molar-refractivity contribution in [2.75, 3.05) is 5.32 Å². The second-order valence-corrected chi connectivity index (χ2v) is 6.51. The predicted molar refractivity (Wildman–Crippen MR) is 111 cm³/mol. The lowest BCUT2D eigenvalue weighted by molar-refractivity contribution is 0.100. The molecule has 0 aliphatic rings. The summed E-state index contributed by atoms with van der Waals surface area (Å²) in [7, 11) is 0. The minimum atomic E-state index is -0.446. The summed E-state index contributed by atoms with van der Waals surface area (Å²) in [6.07, 6.45) is 1.64. The van der Waals surface area contributed by atoms with Crippen LogP contribution in [0.15, 0.2) is 71.7 Å². The van der Waals surface area contributed by atoms with Gasteiger partial charge in [-0.05, 0) is 53.9 Å². The van der Waals surface area contributed by atoms with Crippen molar-refractivity contribution in [3.63, 3.8) is 0 Å². The first-order chi connectivity index (χ1) is 13.5. The molecule has 2 aromatic carbocycles. The van der Waals surface area contributed by atoms with E-state index in [1.807, 2.05) is 49.4 Å². The maximum Gasteiger partial charge on any atom is 0.249 e. The number of hydrogen-bond acceptors (Lipinski definition) is 4. The number of anilines is 2. The number of primary amides is 1. The van der Waals surface area contributed by atoms with Gasteiger partial charge in [0.2, 0.25) is 11.5 Å². The maximum atomic E-state index is 11.8. The molecule has 0 spiro atoms. The van der Waals surface area contributed by atoms with E-state index in [1.54, 1.807) is 18.3 Å². The molecule has 0 aliphatic carbocycles. The topological polar surface area (TPSA) is 101 Å². The number of aromatic nitrogens is 2. The summed E-state index contributed by atoms with van der Waals surface area (Å²) in [6, 6.07) is 18.3. The number of aromatic amines is 1. The number of benzene rings is 2. The second-order valence-electron chi connectivity index (χ2n) is 6.51. The Morgan fingerprint density at radius 1 is 1.04 bits per heavy atom. The molecule has 6 heteroatoms. The van der Waals surface area contributed by atoms with Crippen molar-refractivity contribution in [1.82, 2.24) is 9.97 Å². The number of hydrogen-bond donors (Lipinski definition) is 3. The fourth-order valence-corrected chi connectivity index (χ4v) is 3.30. The Morgan fingerprint density at radius 2 is 1.82 bits per heavy atom. The standard InChI is InChI=1S/C22H18N4O2/c1-13-3-2-4-17(21(23)28)20(13)14-5-7-15(8-6-14)25-18-11-12-24-22-16(18)9-10-19(27)26-22/h2-12H,1H3,(H2,23,28)(H2,24,25,26,27). The molecule has 0 radical (unpaired) electrons. The first-order valence-corrected chi connectivity index (χ1v) is 8.78. The largest absolute Gasteiger partial charge is 0.366 e. The molecule has 0 bridgehead atoms. The molecular formula is C22H18N4O2. The number of H-pyrrole nitrogens is 1. The highest BCUT2D eigenvalue weighted by atomic mass is 16.1. The third-order valence-corrected chi connectivity index (χ3v) is 4.62. The van der Waals surface area contributed by atoms with Gasteiger partial charge in [0, 0.05) is 28.9 Å². The number of nitrogens with zero attached hydrogens (tertiary/aromatic N) is 1. The molecule has 0 saturated heterocycles. The van der Waals surface area contributed by atoms with E-state index in [1.165, 1.54) is 6.07 Å². The van der Waals surface area contributed by atoms with Gasteiger partial charge in [0.25, 0.3) is 0 Å². The number of fused-ring (bicyclic) bond motifs is 1. The third kappa shape index (κ3) is 3.23. The van der Waals surface area contributed by atoms with Crippen molar-refractivity contribution >= 4 is 28.3 Å². The Kier molecular flexibility index (Phi) is 4.37. The molecule has 0 aliphatic heterocycles. The predicted octanol–water partition coefficient (Wildman–Crippen LogP) is 3.74. The smallest absolute Gasteiger partial charge is 0.249 e. The first kappa shape index (κ1) is 17.5. The van der Waals surface area contributed by atoms with Crippen LogP contribution in [0.1, 0.15) is 15.9 Å².